The van der Waals surface area contributed by atoms with Crippen molar-refractivity contribution >= 4 is 28.3 Å². The highest BCUT2D eigenvalue weighted by Gasteiger charge is 2.21. The van der Waals surface area contributed by atoms with E-state index in [9.17, 15) is 4.79 Å². The van der Waals surface area contributed by atoms with Crippen LogP contribution in [-0.2, 0) is 6.54 Å². The Balaban J connectivity index is 1.51. The molecule has 3 heterocycles. The molecule has 1 aromatic carbocycles. The van der Waals surface area contributed by atoms with E-state index in [1.54, 1.807) is 37.3 Å². The lowest BCUT2D eigenvalue weighted by molar-refractivity contribution is 0.217. The average molecular weight is 421 g/mol. The van der Waals surface area contributed by atoms with Gasteiger partial charge in [0.2, 0.25) is 0 Å². The third-order valence-corrected chi connectivity index (χ3v) is 5.59. The Labute approximate surface area is 182 Å². The summed E-state index contributed by atoms with van der Waals surface area (Å²) in [5.74, 6) is 1.26. The van der Waals surface area contributed by atoms with Crippen molar-refractivity contribution in [3.8, 4) is 11.5 Å². The Bertz CT molecular complexity index is 1120. The fraction of sp³-hybridized carbons (Fsp3) is 0.333. The molecule has 3 aromatic rings. The summed E-state index contributed by atoms with van der Waals surface area (Å²) >= 11 is 0. The van der Waals surface area contributed by atoms with Gasteiger partial charge in [0.1, 0.15) is 17.1 Å². The highest BCUT2D eigenvalue weighted by molar-refractivity contribution is 5.94. The SMILES string of the molecule is CCCn1cc(C2=CCN(C(=O)Nc3cc(OC)ccc3OC)CC2)c2cccnc21. The van der Waals surface area contributed by atoms with Crippen LogP contribution in [0.15, 0.2) is 48.8 Å². The molecule has 1 aliphatic rings. The third-order valence-electron chi connectivity index (χ3n) is 5.59. The molecule has 0 unspecified atom stereocenters. The molecule has 1 aliphatic heterocycles. The molecule has 7 nitrogen and oxygen atoms in total. The Kier molecular flexibility index (Phi) is 6.11. The number of methoxy groups -OCH3 is 2. The molecule has 0 spiro atoms. The normalized spacial score (nSPS) is 13.8. The summed E-state index contributed by atoms with van der Waals surface area (Å²) in [5, 5.41) is 4.12. The lowest BCUT2D eigenvalue weighted by Gasteiger charge is -2.27. The average Bonchev–Trinajstić information content (AvgIpc) is 3.18. The zero-order chi connectivity index (χ0) is 21.8. The first-order chi connectivity index (χ1) is 15.1. The van der Waals surface area contributed by atoms with E-state index in [0.29, 0.717) is 30.3 Å². The summed E-state index contributed by atoms with van der Waals surface area (Å²) in [6.45, 7) is 4.30. The van der Waals surface area contributed by atoms with Crippen molar-refractivity contribution in [3.05, 3.63) is 54.4 Å². The Hall–Kier alpha value is -3.48. The number of hydrogen-bond donors (Lipinski definition) is 1. The van der Waals surface area contributed by atoms with Crippen LogP contribution in [-0.4, -0.2) is 47.8 Å². The van der Waals surface area contributed by atoms with Crippen LogP contribution >= 0.6 is 0 Å². The summed E-state index contributed by atoms with van der Waals surface area (Å²) in [5.41, 5.74) is 4.09. The van der Waals surface area contributed by atoms with Gasteiger partial charge in [-0.2, -0.15) is 0 Å². The van der Waals surface area contributed by atoms with E-state index < -0.39 is 0 Å². The number of carbonyl (C=O) groups excluding carboxylic acids is 1. The molecule has 0 radical (unpaired) electrons. The van der Waals surface area contributed by atoms with Gasteiger partial charge in [0, 0.05) is 49.0 Å². The zero-order valence-corrected chi connectivity index (χ0v) is 18.2. The minimum Gasteiger partial charge on any atom is -0.497 e. The van der Waals surface area contributed by atoms with Crippen LogP contribution in [0.5, 0.6) is 11.5 Å². The van der Waals surface area contributed by atoms with Crippen LogP contribution in [0.25, 0.3) is 16.6 Å². The van der Waals surface area contributed by atoms with Crippen molar-refractivity contribution in [1.82, 2.24) is 14.5 Å². The quantitative estimate of drug-likeness (QED) is 0.623. The van der Waals surface area contributed by atoms with Crippen LogP contribution in [0.3, 0.4) is 0 Å². The van der Waals surface area contributed by atoms with E-state index in [1.807, 2.05) is 12.3 Å². The van der Waals surface area contributed by atoms with Crippen molar-refractivity contribution in [2.75, 3.05) is 32.6 Å². The number of nitrogens with one attached hydrogen (secondary N) is 1. The number of aryl methyl sites for hydroxylation is 1. The van der Waals surface area contributed by atoms with E-state index >= 15 is 0 Å². The molecular weight excluding hydrogens is 392 g/mol. The number of anilines is 1. The van der Waals surface area contributed by atoms with Crippen LogP contribution in [0.4, 0.5) is 10.5 Å². The second-order valence-electron chi connectivity index (χ2n) is 7.53. The predicted molar refractivity (Wildman–Crippen MR) is 123 cm³/mol. The third kappa shape index (κ3) is 4.21. The second kappa shape index (κ2) is 9.12. The number of aromatic nitrogens is 2. The zero-order valence-electron chi connectivity index (χ0n) is 18.2. The van der Waals surface area contributed by atoms with Crippen LogP contribution in [0.2, 0.25) is 0 Å². The van der Waals surface area contributed by atoms with Gasteiger partial charge in [-0.1, -0.05) is 13.0 Å². The summed E-state index contributed by atoms with van der Waals surface area (Å²) in [6.07, 6.45) is 8.03. The fourth-order valence-corrected chi connectivity index (χ4v) is 3.99. The van der Waals surface area contributed by atoms with Gasteiger partial charge < -0.3 is 24.3 Å². The molecule has 0 atom stereocenters. The number of nitrogens with zero attached hydrogens (tertiary/aromatic N) is 3. The Morgan fingerprint density at radius 1 is 1.23 bits per heavy atom. The molecule has 2 aromatic heterocycles. The maximum absolute atomic E-state index is 12.9. The van der Waals surface area contributed by atoms with Crippen LogP contribution in [0, 0.1) is 0 Å². The van der Waals surface area contributed by atoms with Crippen molar-refractivity contribution in [2.45, 2.75) is 26.3 Å². The van der Waals surface area contributed by atoms with Crippen molar-refractivity contribution < 1.29 is 14.3 Å². The predicted octanol–water partition coefficient (Wildman–Crippen LogP) is 4.78. The molecule has 0 saturated carbocycles. The number of rotatable bonds is 6. The number of fused-ring (bicyclic) bond motifs is 1. The van der Waals surface area contributed by atoms with Crippen molar-refractivity contribution in [1.29, 1.82) is 0 Å². The van der Waals surface area contributed by atoms with E-state index in [0.717, 1.165) is 25.0 Å². The number of carbonyl (C=O) groups is 1. The smallest absolute Gasteiger partial charge is 0.322 e. The second-order valence-corrected chi connectivity index (χ2v) is 7.53. The number of urea groups is 1. The Morgan fingerprint density at radius 2 is 2.10 bits per heavy atom. The van der Waals surface area contributed by atoms with Gasteiger partial charge in [0.05, 0.1) is 19.9 Å². The fourth-order valence-electron chi connectivity index (χ4n) is 3.99. The first-order valence-electron chi connectivity index (χ1n) is 10.6. The summed E-state index contributed by atoms with van der Waals surface area (Å²) < 4.78 is 12.8. The monoisotopic (exact) mass is 420 g/mol. The lowest BCUT2D eigenvalue weighted by Crippen LogP contribution is -2.38. The maximum Gasteiger partial charge on any atom is 0.322 e. The standard InChI is InChI=1S/C24H28N4O3/c1-4-12-28-16-20(19-6-5-11-25-23(19)28)17-9-13-27(14-10-17)24(29)26-21-15-18(30-2)7-8-22(21)31-3/h5-9,11,15-16H,4,10,12-14H2,1-3H3,(H,26,29). The van der Waals surface area contributed by atoms with Gasteiger partial charge in [-0.15, -0.1) is 0 Å². The molecular formula is C24H28N4O3. The molecule has 0 saturated heterocycles. The first kappa shape index (κ1) is 20.8. The molecule has 2 amide bonds. The van der Waals surface area contributed by atoms with Gasteiger partial charge in [0.25, 0.3) is 0 Å². The van der Waals surface area contributed by atoms with Crippen molar-refractivity contribution in [3.63, 3.8) is 0 Å². The van der Waals surface area contributed by atoms with Crippen LogP contribution < -0.4 is 14.8 Å². The largest absolute Gasteiger partial charge is 0.497 e. The van der Waals surface area contributed by atoms with E-state index in [1.165, 1.54) is 16.5 Å². The summed E-state index contributed by atoms with van der Waals surface area (Å²) in [4.78, 5) is 19.2. The van der Waals surface area contributed by atoms with E-state index in [-0.39, 0.29) is 6.03 Å². The summed E-state index contributed by atoms with van der Waals surface area (Å²) in [6, 6.07) is 9.29. The molecule has 1 N–H and O–H groups in total. The van der Waals surface area contributed by atoms with Gasteiger partial charge >= 0.3 is 6.03 Å². The topological polar surface area (TPSA) is 68.6 Å². The van der Waals surface area contributed by atoms with Crippen LogP contribution in [0.1, 0.15) is 25.3 Å². The molecule has 0 aliphatic carbocycles. The first-order valence-corrected chi connectivity index (χ1v) is 10.6. The number of amides is 2. The molecule has 4 rings (SSSR count). The van der Waals surface area contributed by atoms with Gasteiger partial charge in [-0.3, -0.25) is 0 Å². The minimum atomic E-state index is -0.156. The maximum atomic E-state index is 12.9. The summed E-state index contributed by atoms with van der Waals surface area (Å²) in [7, 11) is 3.18. The number of pyridine rings is 1. The number of ether oxygens (including phenoxy) is 2. The van der Waals surface area contributed by atoms with E-state index in [4.69, 9.17) is 9.47 Å². The molecule has 31 heavy (non-hydrogen) atoms. The van der Waals surface area contributed by atoms with Gasteiger partial charge in [-0.25, -0.2) is 9.78 Å². The van der Waals surface area contributed by atoms with Gasteiger partial charge in [0.15, 0.2) is 0 Å². The molecule has 7 heteroatoms. The molecule has 0 bridgehead atoms. The van der Waals surface area contributed by atoms with Gasteiger partial charge in [-0.05, 0) is 42.7 Å². The molecule has 0 fully saturated rings. The van der Waals surface area contributed by atoms with Crippen molar-refractivity contribution in [2.24, 2.45) is 0 Å². The van der Waals surface area contributed by atoms with E-state index in [2.05, 4.69) is 40.1 Å². The number of benzene rings is 1. The molecule has 162 valence electrons. The Morgan fingerprint density at radius 3 is 2.81 bits per heavy atom. The lowest BCUT2D eigenvalue weighted by atomic mass is 10.00. The highest BCUT2D eigenvalue weighted by atomic mass is 16.5. The highest BCUT2D eigenvalue weighted by Crippen LogP contribution is 2.32. The number of hydrogen-bond acceptors (Lipinski definition) is 4. The minimum absolute atomic E-state index is 0.156.